The van der Waals surface area contributed by atoms with Gasteiger partial charge in [-0.1, -0.05) is 20.3 Å². The molecule has 1 aliphatic rings. The van der Waals surface area contributed by atoms with E-state index in [1.54, 1.807) is 0 Å². The predicted octanol–water partition coefficient (Wildman–Crippen LogP) is 2.07. The average Bonchev–Trinajstić information content (AvgIpc) is 2.66. The Hall–Kier alpha value is -1.51. The van der Waals surface area contributed by atoms with Gasteiger partial charge in [0, 0.05) is 31.7 Å². The zero-order chi connectivity index (χ0) is 19.2. The Balaban J connectivity index is 2.12. The molecule has 1 aromatic carbocycles. The molecule has 1 heterocycles. The molecule has 1 saturated heterocycles. The van der Waals surface area contributed by atoms with Crippen LogP contribution >= 0.6 is 0 Å². The lowest BCUT2D eigenvalue weighted by Gasteiger charge is -2.26. The fourth-order valence-electron chi connectivity index (χ4n) is 3.06. The zero-order valence-electron chi connectivity index (χ0n) is 15.5. The molecule has 2 rings (SSSR count). The van der Waals surface area contributed by atoms with E-state index in [1.807, 2.05) is 13.8 Å². The van der Waals surface area contributed by atoms with Gasteiger partial charge < -0.3 is 10.2 Å². The van der Waals surface area contributed by atoms with Gasteiger partial charge in [0.1, 0.15) is 10.7 Å². The summed E-state index contributed by atoms with van der Waals surface area (Å²) in [5, 5.41) is 2.76. The summed E-state index contributed by atoms with van der Waals surface area (Å²) in [7, 11) is -3.92. The van der Waals surface area contributed by atoms with Gasteiger partial charge in [-0.3, -0.25) is 4.79 Å². The molecule has 0 spiro atoms. The van der Waals surface area contributed by atoms with Gasteiger partial charge in [0.25, 0.3) is 5.91 Å². The van der Waals surface area contributed by atoms with Crippen molar-refractivity contribution in [1.82, 2.24) is 14.5 Å². The minimum absolute atomic E-state index is 0.154. The summed E-state index contributed by atoms with van der Waals surface area (Å²) in [5.74, 6) is -1.22. The van der Waals surface area contributed by atoms with Crippen molar-refractivity contribution in [2.75, 3.05) is 39.3 Å². The Morgan fingerprint density at radius 1 is 1.19 bits per heavy atom. The highest BCUT2D eigenvalue weighted by Gasteiger charge is 2.29. The van der Waals surface area contributed by atoms with Crippen molar-refractivity contribution in [2.45, 2.75) is 38.0 Å². The first kappa shape index (κ1) is 20.8. The van der Waals surface area contributed by atoms with Crippen molar-refractivity contribution in [2.24, 2.45) is 0 Å². The van der Waals surface area contributed by atoms with Gasteiger partial charge in [0.15, 0.2) is 0 Å². The third-order valence-electron chi connectivity index (χ3n) is 4.73. The Bertz CT molecular complexity index is 714. The summed E-state index contributed by atoms with van der Waals surface area (Å²) in [6.45, 7) is 7.81. The minimum Gasteiger partial charge on any atom is -0.351 e. The molecule has 146 valence electrons. The van der Waals surface area contributed by atoms with E-state index in [-0.39, 0.29) is 5.56 Å². The van der Waals surface area contributed by atoms with Crippen LogP contribution in [0.3, 0.4) is 0 Å². The molecule has 8 heteroatoms. The number of amides is 1. The number of nitrogens with one attached hydrogen (secondary N) is 1. The van der Waals surface area contributed by atoms with Crippen LogP contribution in [0.15, 0.2) is 23.1 Å². The highest BCUT2D eigenvalue weighted by Crippen LogP contribution is 2.24. The van der Waals surface area contributed by atoms with Crippen LogP contribution < -0.4 is 5.32 Å². The molecule has 0 bridgehead atoms. The Kier molecular flexibility index (Phi) is 7.55. The van der Waals surface area contributed by atoms with Crippen molar-refractivity contribution in [1.29, 1.82) is 0 Å². The topological polar surface area (TPSA) is 69.7 Å². The second kappa shape index (κ2) is 9.43. The number of nitrogens with zero attached hydrogens (tertiary/aromatic N) is 2. The van der Waals surface area contributed by atoms with Crippen molar-refractivity contribution < 1.29 is 17.6 Å². The SMILES string of the molecule is CCN(CC)CCNC(=O)c1ccc(F)c(S(=O)(=O)N2CCCCC2)c1. The van der Waals surface area contributed by atoms with Crippen molar-refractivity contribution in [3.05, 3.63) is 29.6 Å². The van der Waals surface area contributed by atoms with Gasteiger partial charge in [-0.05, 0) is 44.1 Å². The summed E-state index contributed by atoms with van der Waals surface area (Å²) < 4.78 is 40.9. The van der Waals surface area contributed by atoms with Gasteiger partial charge in [0.2, 0.25) is 10.0 Å². The summed E-state index contributed by atoms with van der Waals surface area (Å²) in [5.41, 5.74) is 0.154. The van der Waals surface area contributed by atoms with E-state index < -0.39 is 26.6 Å². The molecule has 1 aliphatic heterocycles. The molecule has 1 aromatic rings. The van der Waals surface area contributed by atoms with E-state index in [1.165, 1.54) is 10.4 Å². The fourth-order valence-corrected chi connectivity index (χ4v) is 4.66. The normalized spacial score (nSPS) is 16.0. The van der Waals surface area contributed by atoms with Crippen LogP contribution in [0.4, 0.5) is 4.39 Å². The van der Waals surface area contributed by atoms with E-state index in [0.717, 1.165) is 44.5 Å². The maximum Gasteiger partial charge on any atom is 0.251 e. The van der Waals surface area contributed by atoms with Gasteiger partial charge >= 0.3 is 0 Å². The number of hydrogen-bond acceptors (Lipinski definition) is 4. The predicted molar refractivity (Wildman–Crippen MR) is 99.1 cm³/mol. The highest BCUT2D eigenvalue weighted by molar-refractivity contribution is 7.89. The summed E-state index contributed by atoms with van der Waals surface area (Å²) in [6.07, 6.45) is 2.52. The molecule has 0 saturated carbocycles. The van der Waals surface area contributed by atoms with Gasteiger partial charge in [-0.15, -0.1) is 0 Å². The molecule has 0 radical (unpaired) electrons. The van der Waals surface area contributed by atoms with Crippen LogP contribution in [0.25, 0.3) is 0 Å². The van der Waals surface area contributed by atoms with Crippen LogP contribution in [0.2, 0.25) is 0 Å². The number of halogens is 1. The lowest BCUT2D eigenvalue weighted by Crippen LogP contribution is -2.36. The number of piperidine rings is 1. The second-order valence-electron chi connectivity index (χ2n) is 6.39. The summed E-state index contributed by atoms with van der Waals surface area (Å²) in [4.78, 5) is 14.1. The first-order valence-electron chi connectivity index (χ1n) is 9.20. The van der Waals surface area contributed by atoms with Crippen LogP contribution in [0.1, 0.15) is 43.5 Å². The van der Waals surface area contributed by atoms with E-state index in [4.69, 9.17) is 0 Å². The van der Waals surface area contributed by atoms with Gasteiger partial charge in [-0.2, -0.15) is 4.31 Å². The highest BCUT2D eigenvalue weighted by atomic mass is 32.2. The molecule has 1 fully saturated rings. The monoisotopic (exact) mass is 385 g/mol. The molecule has 1 amide bonds. The lowest BCUT2D eigenvalue weighted by atomic mass is 10.2. The Labute approximate surface area is 155 Å². The number of carbonyl (C=O) groups is 1. The number of carbonyl (C=O) groups excluding carboxylic acids is 1. The number of hydrogen-bond donors (Lipinski definition) is 1. The third kappa shape index (κ3) is 5.02. The first-order valence-corrected chi connectivity index (χ1v) is 10.6. The number of rotatable bonds is 8. The maximum absolute atomic E-state index is 14.2. The van der Waals surface area contributed by atoms with Crippen LogP contribution in [-0.2, 0) is 10.0 Å². The standard InChI is InChI=1S/C18H28FN3O3S/c1-3-21(4-2)13-10-20-18(23)15-8-9-16(19)17(14-15)26(24,25)22-11-6-5-7-12-22/h8-9,14H,3-7,10-13H2,1-2H3,(H,20,23). The smallest absolute Gasteiger partial charge is 0.251 e. The summed E-state index contributed by atoms with van der Waals surface area (Å²) in [6, 6.07) is 3.51. The average molecular weight is 386 g/mol. The molecule has 6 nitrogen and oxygen atoms in total. The largest absolute Gasteiger partial charge is 0.351 e. The van der Waals surface area contributed by atoms with Crippen LogP contribution in [0, 0.1) is 5.82 Å². The Morgan fingerprint density at radius 2 is 1.85 bits per heavy atom. The minimum atomic E-state index is -3.92. The molecule has 0 atom stereocenters. The quantitative estimate of drug-likeness (QED) is 0.744. The van der Waals surface area contributed by atoms with E-state index in [0.29, 0.717) is 26.2 Å². The van der Waals surface area contributed by atoms with Gasteiger partial charge in [-0.25, -0.2) is 12.8 Å². The molecular formula is C18H28FN3O3S. The Morgan fingerprint density at radius 3 is 2.46 bits per heavy atom. The number of benzene rings is 1. The third-order valence-corrected chi connectivity index (χ3v) is 6.65. The molecular weight excluding hydrogens is 357 g/mol. The molecule has 0 unspecified atom stereocenters. The molecule has 0 aliphatic carbocycles. The fraction of sp³-hybridized carbons (Fsp3) is 0.611. The van der Waals surface area contributed by atoms with Crippen molar-refractivity contribution in [3.63, 3.8) is 0 Å². The maximum atomic E-state index is 14.2. The van der Waals surface area contributed by atoms with E-state index in [9.17, 15) is 17.6 Å². The van der Waals surface area contributed by atoms with E-state index >= 15 is 0 Å². The number of sulfonamides is 1. The summed E-state index contributed by atoms with van der Waals surface area (Å²) >= 11 is 0. The van der Waals surface area contributed by atoms with Crippen LogP contribution in [0.5, 0.6) is 0 Å². The molecule has 1 N–H and O–H groups in total. The van der Waals surface area contributed by atoms with E-state index in [2.05, 4.69) is 10.2 Å². The zero-order valence-corrected chi connectivity index (χ0v) is 16.3. The molecule has 0 aromatic heterocycles. The van der Waals surface area contributed by atoms with Crippen LogP contribution in [-0.4, -0.2) is 62.8 Å². The number of likely N-dealkylation sites (N-methyl/N-ethyl adjacent to an activating group) is 1. The van der Waals surface area contributed by atoms with Crippen molar-refractivity contribution >= 4 is 15.9 Å². The molecule has 26 heavy (non-hydrogen) atoms. The van der Waals surface area contributed by atoms with Crippen molar-refractivity contribution in [3.8, 4) is 0 Å². The lowest BCUT2D eigenvalue weighted by molar-refractivity contribution is 0.0948. The second-order valence-corrected chi connectivity index (χ2v) is 8.30. The van der Waals surface area contributed by atoms with Gasteiger partial charge in [0.05, 0.1) is 0 Å². The first-order chi connectivity index (χ1) is 12.4.